The number of ether oxygens (including phenoxy) is 1. The van der Waals surface area contributed by atoms with E-state index in [1.165, 1.54) is 0 Å². The maximum absolute atomic E-state index is 6.38. The van der Waals surface area contributed by atoms with Crippen molar-refractivity contribution in [2.75, 3.05) is 7.11 Å². The van der Waals surface area contributed by atoms with Gasteiger partial charge >= 0.3 is 0 Å². The topological polar surface area (TPSA) is 61.3 Å². The second-order valence-corrected chi connectivity index (χ2v) is 5.52. The third-order valence-corrected chi connectivity index (χ3v) is 4.11. The second-order valence-electron chi connectivity index (χ2n) is 5.09. The first-order valence-electron chi connectivity index (χ1n) is 6.46. The molecule has 0 amide bonds. The molecule has 0 saturated heterocycles. The van der Waals surface area contributed by atoms with E-state index >= 15 is 0 Å². The van der Waals surface area contributed by atoms with Crippen molar-refractivity contribution < 1.29 is 4.74 Å². The Morgan fingerprint density at radius 1 is 1.28 bits per heavy atom. The number of nitrogens with two attached hydrogens (primary N) is 2. The van der Waals surface area contributed by atoms with E-state index in [2.05, 4.69) is 0 Å². The summed E-state index contributed by atoms with van der Waals surface area (Å²) in [6, 6.07) is 5.94. The zero-order valence-electron chi connectivity index (χ0n) is 10.7. The van der Waals surface area contributed by atoms with Gasteiger partial charge in [0.25, 0.3) is 0 Å². The molecule has 1 aliphatic carbocycles. The highest BCUT2D eigenvalue weighted by atomic mass is 35.5. The third kappa shape index (κ3) is 2.97. The molecule has 0 bridgehead atoms. The van der Waals surface area contributed by atoms with Gasteiger partial charge in [0.05, 0.1) is 7.11 Å². The first-order valence-corrected chi connectivity index (χ1v) is 6.84. The van der Waals surface area contributed by atoms with Crippen LogP contribution in [0.5, 0.6) is 5.75 Å². The van der Waals surface area contributed by atoms with Gasteiger partial charge in [0.1, 0.15) is 5.75 Å². The Bertz CT molecular complexity index is 403. The van der Waals surface area contributed by atoms with E-state index in [1.54, 1.807) is 7.11 Å². The number of methoxy groups -OCH3 is 1. The van der Waals surface area contributed by atoms with Crippen LogP contribution in [0, 0.1) is 5.92 Å². The summed E-state index contributed by atoms with van der Waals surface area (Å²) in [6.45, 7) is 0. The summed E-state index contributed by atoms with van der Waals surface area (Å²) in [6.07, 6.45) is 4.28. The zero-order valence-corrected chi connectivity index (χ0v) is 11.5. The molecule has 1 unspecified atom stereocenters. The lowest BCUT2D eigenvalue weighted by atomic mass is 9.79. The summed E-state index contributed by atoms with van der Waals surface area (Å²) in [5.41, 5.74) is 13.3. The lowest BCUT2D eigenvalue weighted by molar-refractivity contribution is 0.280. The zero-order chi connectivity index (χ0) is 13.1. The maximum Gasteiger partial charge on any atom is 0.123 e. The molecule has 0 heterocycles. The van der Waals surface area contributed by atoms with Crippen molar-refractivity contribution in [1.29, 1.82) is 0 Å². The van der Waals surface area contributed by atoms with Crippen LogP contribution in [-0.2, 0) is 0 Å². The van der Waals surface area contributed by atoms with Gasteiger partial charge < -0.3 is 16.2 Å². The van der Waals surface area contributed by atoms with Crippen molar-refractivity contribution in [3.05, 3.63) is 28.8 Å². The molecular formula is C14H21ClN2O. The highest BCUT2D eigenvalue weighted by molar-refractivity contribution is 6.30. The molecular weight excluding hydrogens is 248 g/mol. The summed E-state index contributed by atoms with van der Waals surface area (Å²) in [4.78, 5) is 0. The quantitative estimate of drug-likeness (QED) is 0.886. The standard InChI is InChI=1S/C14H21ClN2O/c1-18-13-7-4-10(15)8-12(13)14(17)9-2-5-11(16)6-3-9/h4,7-9,11,14H,2-3,5-6,16-17H2,1H3. The first-order chi connectivity index (χ1) is 8.61. The minimum absolute atomic E-state index is 0.0221. The molecule has 1 atom stereocenters. The van der Waals surface area contributed by atoms with Crippen molar-refractivity contribution in [2.24, 2.45) is 17.4 Å². The van der Waals surface area contributed by atoms with E-state index < -0.39 is 0 Å². The van der Waals surface area contributed by atoms with E-state index in [1.807, 2.05) is 18.2 Å². The number of hydrogen-bond acceptors (Lipinski definition) is 3. The molecule has 0 aromatic heterocycles. The average molecular weight is 269 g/mol. The van der Waals surface area contributed by atoms with E-state index in [0.29, 0.717) is 17.0 Å². The monoisotopic (exact) mass is 268 g/mol. The Hall–Kier alpha value is -0.770. The Kier molecular flexibility index (Phi) is 4.49. The van der Waals surface area contributed by atoms with Gasteiger partial charge in [-0.3, -0.25) is 0 Å². The molecule has 3 nitrogen and oxygen atoms in total. The van der Waals surface area contributed by atoms with Crippen LogP contribution in [-0.4, -0.2) is 13.2 Å². The van der Waals surface area contributed by atoms with E-state index in [9.17, 15) is 0 Å². The molecule has 1 aromatic carbocycles. The summed E-state index contributed by atoms with van der Waals surface area (Å²) < 4.78 is 5.37. The first kappa shape index (κ1) is 13.7. The smallest absolute Gasteiger partial charge is 0.123 e. The fourth-order valence-electron chi connectivity index (χ4n) is 2.72. The second kappa shape index (κ2) is 5.91. The summed E-state index contributed by atoms with van der Waals surface area (Å²) >= 11 is 6.05. The summed E-state index contributed by atoms with van der Waals surface area (Å²) in [5, 5.41) is 0.703. The van der Waals surface area contributed by atoms with Gasteiger partial charge in [0, 0.05) is 22.7 Å². The minimum Gasteiger partial charge on any atom is -0.496 e. The maximum atomic E-state index is 6.38. The van der Waals surface area contributed by atoms with Crippen LogP contribution in [0.4, 0.5) is 0 Å². The summed E-state index contributed by atoms with van der Waals surface area (Å²) in [7, 11) is 1.66. The predicted octanol–water partition coefficient (Wildman–Crippen LogP) is 2.87. The fourth-order valence-corrected chi connectivity index (χ4v) is 2.90. The van der Waals surface area contributed by atoms with Crippen LogP contribution < -0.4 is 16.2 Å². The molecule has 0 radical (unpaired) electrons. The Morgan fingerprint density at radius 2 is 1.94 bits per heavy atom. The third-order valence-electron chi connectivity index (χ3n) is 3.88. The molecule has 2 rings (SSSR count). The highest BCUT2D eigenvalue weighted by Crippen LogP contribution is 2.37. The van der Waals surface area contributed by atoms with Gasteiger partial charge in [-0.25, -0.2) is 0 Å². The molecule has 100 valence electrons. The van der Waals surface area contributed by atoms with Crippen molar-refractivity contribution in [2.45, 2.75) is 37.8 Å². The molecule has 1 fully saturated rings. The molecule has 18 heavy (non-hydrogen) atoms. The number of halogens is 1. The van der Waals surface area contributed by atoms with Crippen molar-refractivity contribution in [3.63, 3.8) is 0 Å². The molecule has 0 spiro atoms. The Morgan fingerprint density at radius 3 is 2.56 bits per heavy atom. The van der Waals surface area contributed by atoms with Gasteiger partial charge in [-0.05, 0) is 49.8 Å². The summed E-state index contributed by atoms with van der Waals surface area (Å²) in [5.74, 6) is 1.29. The van der Waals surface area contributed by atoms with Gasteiger partial charge in [-0.15, -0.1) is 0 Å². The Labute approximate surface area is 113 Å². The largest absolute Gasteiger partial charge is 0.496 e. The minimum atomic E-state index is -0.0221. The SMILES string of the molecule is COc1ccc(Cl)cc1C(N)C1CCC(N)CC1. The van der Waals surface area contributed by atoms with Crippen LogP contribution in [0.2, 0.25) is 5.02 Å². The average Bonchev–Trinajstić information content (AvgIpc) is 2.39. The molecule has 1 aliphatic rings. The van der Waals surface area contributed by atoms with Crippen LogP contribution in [0.15, 0.2) is 18.2 Å². The molecule has 0 aliphatic heterocycles. The van der Waals surface area contributed by atoms with Gasteiger partial charge in [0.15, 0.2) is 0 Å². The van der Waals surface area contributed by atoms with Crippen LogP contribution in [0.3, 0.4) is 0 Å². The van der Waals surface area contributed by atoms with Crippen molar-refractivity contribution in [1.82, 2.24) is 0 Å². The molecule has 1 saturated carbocycles. The van der Waals surface area contributed by atoms with E-state index in [-0.39, 0.29) is 6.04 Å². The van der Waals surface area contributed by atoms with Gasteiger partial charge in [-0.1, -0.05) is 11.6 Å². The molecule has 4 N–H and O–H groups in total. The Balaban J connectivity index is 2.17. The van der Waals surface area contributed by atoms with Crippen molar-refractivity contribution in [3.8, 4) is 5.75 Å². The lowest BCUT2D eigenvalue weighted by Crippen LogP contribution is -2.31. The predicted molar refractivity (Wildman–Crippen MR) is 74.9 cm³/mol. The van der Waals surface area contributed by atoms with Gasteiger partial charge in [0.2, 0.25) is 0 Å². The van der Waals surface area contributed by atoms with Gasteiger partial charge in [-0.2, -0.15) is 0 Å². The van der Waals surface area contributed by atoms with Crippen LogP contribution >= 0.6 is 11.6 Å². The fraction of sp³-hybridized carbons (Fsp3) is 0.571. The number of rotatable bonds is 3. The number of hydrogen-bond donors (Lipinski definition) is 2. The van der Waals surface area contributed by atoms with Crippen LogP contribution in [0.25, 0.3) is 0 Å². The van der Waals surface area contributed by atoms with Crippen molar-refractivity contribution >= 4 is 11.6 Å². The molecule has 1 aromatic rings. The number of benzene rings is 1. The highest BCUT2D eigenvalue weighted by Gasteiger charge is 2.26. The van der Waals surface area contributed by atoms with E-state index in [0.717, 1.165) is 37.0 Å². The lowest BCUT2D eigenvalue weighted by Gasteiger charge is -2.31. The normalized spacial score (nSPS) is 25.8. The van der Waals surface area contributed by atoms with Crippen LogP contribution in [0.1, 0.15) is 37.3 Å². The molecule has 4 heteroatoms. The van der Waals surface area contributed by atoms with E-state index in [4.69, 9.17) is 27.8 Å².